The van der Waals surface area contributed by atoms with Gasteiger partial charge in [-0.15, -0.1) is 0 Å². The third-order valence-electron chi connectivity index (χ3n) is 6.54. The molecule has 1 aromatic carbocycles. The number of benzene rings is 1. The van der Waals surface area contributed by atoms with E-state index in [2.05, 4.69) is 25.8 Å². The van der Waals surface area contributed by atoms with Crippen LogP contribution in [0.1, 0.15) is 17.5 Å². The van der Waals surface area contributed by atoms with Crippen LogP contribution in [0.3, 0.4) is 0 Å². The van der Waals surface area contributed by atoms with Gasteiger partial charge in [-0.1, -0.05) is 24.3 Å². The van der Waals surface area contributed by atoms with Gasteiger partial charge in [-0.05, 0) is 24.1 Å². The van der Waals surface area contributed by atoms with E-state index < -0.39 is 0 Å². The number of hydrogen-bond acceptors (Lipinski definition) is 6. The summed E-state index contributed by atoms with van der Waals surface area (Å²) in [6, 6.07) is 12.2. The molecule has 2 N–H and O–H groups in total. The van der Waals surface area contributed by atoms with E-state index in [1.165, 1.54) is 5.56 Å². The number of phenols is 1. The number of pyridine rings is 1. The van der Waals surface area contributed by atoms with Crippen LogP contribution in [0, 0.1) is 0 Å². The highest BCUT2D eigenvalue weighted by Crippen LogP contribution is 2.40. The Hall–Kier alpha value is -1.99. The third-order valence-corrected chi connectivity index (χ3v) is 6.54. The van der Waals surface area contributed by atoms with Crippen LogP contribution in [0.2, 0.25) is 0 Å². The maximum Gasteiger partial charge on any atom is 0.120 e. The van der Waals surface area contributed by atoms with Crippen molar-refractivity contribution in [2.24, 2.45) is 0 Å². The fraction of sp³-hybridized carbons (Fsp3) is 0.500. The molecule has 2 atom stereocenters. The second-order valence-corrected chi connectivity index (χ2v) is 8.72. The van der Waals surface area contributed by atoms with Crippen LogP contribution in [0.15, 0.2) is 48.8 Å². The Bertz CT molecular complexity index is 824. The molecular weight excluding hydrogens is 352 g/mol. The van der Waals surface area contributed by atoms with Gasteiger partial charge in [0.2, 0.25) is 0 Å². The fourth-order valence-electron chi connectivity index (χ4n) is 5.45. The number of aromatic nitrogens is 1. The van der Waals surface area contributed by atoms with Gasteiger partial charge < -0.3 is 10.2 Å². The summed E-state index contributed by atoms with van der Waals surface area (Å²) in [7, 11) is 0. The molecule has 0 saturated carbocycles. The molecule has 28 heavy (non-hydrogen) atoms. The lowest BCUT2D eigenvalue weighted by Gasteiger charge is -2.61. The molecule has 1 aromatic heterocycles. The summed E-state index contributed by atoms with van der Waals surface area (Å²) in [5, 5.41) is 20.4. The molecule has 0 unspecified atom stereocenters. The Balaban J connectivity index is 1.30. The SMILES string of the molecule is Oc1ccccc1CN1CC2(CN(Cc3cccnc3)C[C@H]3C[C@@H](O)CN32)C1. The van der Waals surface area contributed by atoms with Crippen LogP contribution in [0.5, 0.6) is 5.75 Å². The van der Waals surface area contributed by atoms with Crippen molar-refractivity contribution in [2.45, 2.75) is 37.2 Å². The van der Waals surface area contributed by atoms with Crippen molar-refractivity contribution in [3.63, 3.8) is 0 Å². The summed E-state index contributed by atoms with van der Waals surface area (Å²) in [5.74, 6) is 0.375. The molecule has 5 rings (SSSR count). The van der Waals surface area contributed by atoms with Crippen molar-refractivity contribution in [3.8, 4) is 5.75 Å². The first-order valence-electron chi connectivity index (χ1n) is 10.2. The van der Waals surface area contributed by atoms with Crippen molar-refractivity contribution >= 4 is 0 Å². The molecule has 6 heteroatoms. The highest BCUT2D eigenvalue weighted by atomic mass is 16.3. The van der Waals surface area contributed by atoms with E-state index in [-0.39, 0.29) is 11.6 Å². The number of likely N-dealkylation sites (tertiary alicyclic amines) is 1. The summed E-state index contributed by atoms with van der Waals surface area (Å²) < 4.78 is 0. The van der Waals surface area contributed by atoms with Gasteiger partial charge in [0.25, 0.3) is 0 Å². The lowest BCUT2D eigenvalue weighted by atomic mass is 9.83. The van der Waals surface area contributed by atoms with Gasteiger partial charge in [0.15, 0.2) is 0 Å². The molecule has 0 bridgehead atoms. The molecule has 0 radical (unpaired) electrons. The van der Waals surface area contributed by atoms with Gasteiger partial charge in [0.1, 0.15) is 5.75 Å². The molecule has 0 aliphatic carbocycles. The van der Waals surface area contributed by atoms with Crippen molar-refractivity contribution in [1.29, 1.82) is 0 Å². The molecule has 1 spiro atoms. The van der Waals surface area contributed by atoms with E-state index in [0.29, 0.717) is 11.8 Å². The molecule has 4 heterocycles. The number of piperazine rings is 1. The summed E-state index contributed by atoms with van der Waals surface area (Å²) in [5.41, 5.74) is 2.33. The van der Waals surface area contributed by atoms with E-state index in [9.17, 15) is 10.2 Å². The minimum absolute atomic E-state index is 0.104. The maximum absolute atomic E-state index is 10.3. The number of rotatable bonds is 4. The molecule has 148 valence electrons. The number of para-hydroxylation sites is 1. The van der Waals surface area contributed by atoms with Crippen molar-refractivity contribution < 1.29 is 10.2 Å². The first kappa shape index (κ1) is 18.1. The van der Waals surface area contributed by atoms with Gasteiger partial charge in [-0.25, -0.2) is 0 Å². The Morgan fingerprint density at radius 1 is 1.00 bits per heavy atom. The summed E-state index contributed by atoms with van der Waals surface area (Å²) in [6.07, 6.45) is 4.42. The zero-order chi connectivity index (χ0) is 19.1. The smallest absolute Gasteiger partial charge is 0.120 e. The molecule has 3 aliphatic rings. The highest BCUT2D eigenvalue weighted by Gasteiger charge is 2.55. The van der Waals surface area contributed by atoms with E-state index >= 15 is 0 Å². The monoisotopic (exact) mass is 380 g/mol. The Morgan fingerprint density at radius 3 is 2.61 bits per heavy atom. The predicted octanol–water partition coefficient (Wildman–Crippen LogP) is 1.29. The van der Waals surface area contributed by atoms with Crippen LogP contribution >= 0.6 is 0 Å². The Kier molecular flexibility index (Phi) is 4.59. The van der Waals surface area contributed by atoms with Crippen LogP contribution in [-0.4, -0.2) is 80.3 Å². The van der Waals surface area contributed by atoms with Gasteiger partial charge >= 0.3 is 0 Å². The Labute approximate surface area is 166 Å². The molecule has 3 fully saturated rings. The lowest BCUT2D eigenvalue weighted by Crippen LogP contribution is -2.77. The minimum Gasteiger partial charge on any atom is -0.508 e. The molecule has 3 aliphatic heterocycles. The summed E-state index contributed by atoms with van der Waals surface area (Å²) >= 11 is 0. The van der Waals surface area contributed by atoms with E-state index in [4.69, 9.17) is 0 Å². The number of aliphatic hydroxyl groups is 1. The minimum atomic E-state index is -0.215. The van der Waals surface area contributed by atoms with Crippen molar-refractivity contribution in [3.05, 3.63) is 59.9 Å². The zero-order valence-electron chi connectivity index (χ0n) is 16.1. The number of fused-ring (bicyclic) bond motifs is 2. The lowest BCUT2D eigenvalue weighted by molar-refractivity contribution is -0.118. The standard InChI is InChI=1S/C22H28N4O2/c27-20-8-19-12-24(10-17-4-3-7-23-9-17)14-22(26(19)13-20)15-25(16-22)11-18-5-1-2-6-21(18)28/h1-7,9,19-20,27-28H,8,10-16H2/t19-,20-/m1/s1. The predicted molar refractivity (Wildman–Crippen MR) is 107 cm³/mol. The Morgan fingerprint density at radius 2 is 1.82 bits per heavy atom. The van der Waals surface area contributed by atoms with Gasteiger partial charge in [0.05, 0.1) is 11.6 Å². The second-order valence-electron chi connectivity index (χ2n) is 8.72. The van der Waals surface area contributed by atoms with E-state index in [0.717, 1.165) is 57.8 Å². The van der Waals surface area contributed by atoms with Crippen molar-refractivity contribution in [2.75, 3.05) is 32.7 Å². The van der Waals surface area contributed by atoms with Crippen LogP contribution < -0.4 is 0 Å². The maximum atomic E-state index is 10.3. The fourth-order valence-corrected chi connectivity index (χ4v) is 5.45. The number of aromatic hydroxyl groups is 1. The molecule has 0 amide bonds. The number of aliphatic hydroxyl groups excluding tert-OH is 1. The third kappa shape index (κ3) is 3.31. The van der Waals surface area contributed by atoms with Crippen LogP contribution in [-0.2, 0) is 13.1 Å². The van der Waals surface area contributed by atoms with Gasteiger partial charge in [-0.3, -0.25) is 19.7 Å². The normalized spacial score (nSPS) is 27.6. The first-order valence-corrected chi connectivity index (χ1v) is 10.2. The number of phenolic OH excluding ortho intramolecular Hbond substituents is 1. The van der Waals surface area contributed by atoms with E-state index in [1.54, 1.807) is 6.07 Å². The van der Waals surface area contributed by atoms with E-state index in [1.807, 2.05) is 36.7 Å². The van der Waals surface area contributed by atoms with Crippen molar-refractivity contribution in [1.82, 2.24) is 19.7 Å². The summed E-state index contributed by atoms with van der Waals surface area (Å²) in [6.45, 7) is 6.46. The molecule has 6 nitrogen and oxygen atoms in total. The summed E-state index contributed by atoms with van der Waals surface area (Å²) in [4.78, 5) is 11.8. The topological polar surface area (TPSA) is 63.1 Å². The molecule has 2 aromatic rings. The largest absolute Gasteiger partial charge is 0.508 e. The number of nitrogens with zero attached hydrogens (tertiary/aromatic N) is 4. The average Bonchev–Trinajstić information content (AvgIpc) is 3.03. The average molecular weight is 380 g/mol. The zero-order valence-corrected chi connectivity index (χ0v) is 16.1. The van der Waals surface area contributed by atoms with Crippen LogP contribution in [0.25, 0.3) is 0 Å². The van der Waals surface area contributed by atoms with Gasteiger partial charge in [0, 0.05) is 69.8 Å². The molecule has 3 saturated heterocycles. The number of β-amino-alcohol motifs (C(OH)–C–C–N with tert-alkyl or cyclic N) is 1. The quantitative estimate of drug-likeness (QED) is 0.834. The number of hydrogen-bond donors (Lipinski definition) is 2. The highest BCUT2D eigenvalue weighted by molar-refractivity contribution is 5.32. The van der Waals surface area contributed by atoms with Crippen LogP contribution in [0.4, 0.5) is 0 Å². The molecular formula is C22H28N4O2. The second kappa shape index (κ2) is 7.12. The van der Waals surface area contributed by atoms with Gasteiger partial charge in [-0.2, -0.15) is 0 Å². The first-order chi connectivity index (χ1) is 13.6.